The zero-order valence-corrected chi connectivity index (χ0v) is 17.1. The molecule has 7 nitrogen and oxygen atoms in total. The van der Waals surface area contributed by atoms with Crippen molar-refractivity contribution >= 4 is 21.6 Å². The number of hydrogen-bond donors (Lipinski definition) is 2. The molecule has 26 heavy (non-hydrogen) atoms. The largest absolute Gasteiger partial charge is 0.495 e. The number of ether oxygens (including phenoxy) is 1. The monoisotopic (exact) mass is 385 g/mol. The summed E-state index contributed by atoms with van der Waals surface area (Å²) in [6.07, 6.45) is 1.68. The van der Waals surface area contributed by atoms with Crippen molar-refractivity contribution in [2.45, 2.75) is 51.5 Å². The van der Waals surface area contributed by atoms with Gasteiger partial charge in [0.1, 0.15) is 5.75 Å². The third kappa shape index (κ3) is 6.93. The topological polar surface area (TPSA) is 87.7 Å². The summed E-state index contributed by atoms with van der Waals surface area (Å²) in [5.41, 5.74) is 0.331. The zero-order valence-electron chi connectivity index (χ0n) is 16.3. The van der Waals surface area contributed by atoms with Crippen molar-refractivity contribution < 1.29 is 17.9 Å². The Balaban J connectivity index is 2.79. The molecule has 0 heterocycles. The number of carbonyl (C=O) groups is 1. The van der Waals surface area contributed by atoms with Crippen LogP contribution in [0.15, 0.2) is 23.1 Å². The fraction of sp³-hybridized carbons (Fsp3) is 0.611. The Kier molecular flexibility index (Phi) is 9.04. The van der Waals surface area contributed by atoms with E-state index in [1.165, 1.54) is 32.2 Å². The molecule has 148 valence electrons. The van der Waals surface area contributed by atoms with Crippen molar-refractivity contribution in [3.05, 3.63) is 18.2 Å². The van der Waals surface area contributed by atoms with E-state index < -0.39 is 10.0 Å². The van der Waals surface area contributed by atoms with Crippen molar-refractivity contribution in [1.82, 2.24) is 9.62 Å². The van der Waals surface area contributed by atoms with E-state index in [1.807, 2.05) is 6.92 Å². The SMILES string of the molecule is CCN(CC)CCC[C@@H](C)NS(=O)(=O)c1ccc(OC)c(NC(C)=O)c1. The second-order valence-corrected chi connectivity index (χ2v) is 7.95. The molecule has 0 radical (unpaired) electrons. The first kappa shape index (κ1) is 22.4. The Morgan fingerprint density at radius 3 is 2.46 bits per heavy atom. The van der Waals surface area contributed by atoms with E-state index >= 15 is 0 Å². The number of amides is 1. The smallest absolute Gasteiger partial charge is 0.240 e. The number of sulfonamides is 1. The molecule has 0 saturated heterocycles. The van der Waals surface area contributed by atoms with Crippen molar-refractivity contribution in [3.8, 4) is 5.75 Å². The minimum absolute atomic E-state index is 0.0950. The Labute approximate surface area is 157 Å². The van der Waals surface area contributed by atoms with E-state index in [-0.39, 0.29) is 16.8 Å². The van der Waals surface area contributed by atoms with Crippen LogP contribution in [0.3, 0.4) is 0 Å². The standard InChI is InChI=1S/C18H31N3O4S/c1-6-21(7-2)12-8-9-14(3)20-26(23,24)16-10-11-18(25-5)17(13-16)19-15(4)22/h10-11,13-14,20H,6-9,12H2,1-5H3,(H,19,22)/t14-/m1/s1. The van der Waals surface area contributed by atoms with Crippen LogP contribution in [0.1, 0.15) is 40.5 Å². The average Bonchev–Trinajstić information content (AvgIpc) is 2.57. The maximum absolute atomic E-state index is 12.6. The Bertz CT molecular complexity index is 688. The molecule has 1 rings (SSSR count). The number of carbonyl (C=O) groups excluding carboxylic acids is 1. The van der Waals surface area contributed by atoms with Gasteiger partial charge in [-0.1, -0.05) is 13.8 Å². The lowest BCUT2D eigenvalue weighted by Crippen LogP contribution is -2.33. The van der Waals surface area contributed by atoms with Gasteiger partial charge in [-0.15, -0.1) is 0 Å². The van der Waals surface area contributed by atoms with Crippen LogP contribution in [0, 0.1) is 0 Å². The minimum atomic E-state index is -3.68. The normalized spacial score (nSPS) is 12.8. The summed E-state index contributed by atoms with van der Waals surface area (Å²) in [7, 11) is -2.21. The number of rotatable bonds is 11. The summed E-state index contributed by atoms with van der Waals surface area (Å²) >= 11 is 0. The van der Waals surface area contributed by atoms with Gasteiger partial charge in [0.25, 0.3) is 0 Å². The molecule has 0 unspecified atom stereocenters. The number of methoxy groups -OCH3 is 1. The van der Waals surface area contributed by atoms with Gasteiger partial charge in [0.15, 0.2) is 0 Å². The summed E-state index contributed by atoms with van der Waals surface area (Å²) in [6, 6.07) is 4.23. The van der Waals surface area contributed by atoms with E-state index in [1.54, 1.807) is 0 Å². The van der Waals surface area contributed by atoms with Crippen LogP contribution >= 0.6 is 0 Å². The summed E-state index contributed by atoms with van der Waals surface area (Å²) in [5, 5.41) is 2.59. The van der Waals surface area contributed by atoms with E-state index in [9.17, 15) is 13.2 Å². The number of hydrogen-bond acceptors (Lipinski definition) is 5. The summed E-state index contributed by atoms with van der Waals surface area (Å²) in [4.78, 5) is 13.7. The zero-order chi connectivity index (χ0) is 19.7. The molecule has 0 fully saturated rings. The molecule has 0 saturated carbocycles. The van der Waals surface area contributed by atoms with Gasteiger partial charge >= 0.3 is 0 Å². The summed E-state index contributed by atoms with van der Waals surface area (Å²) in [6.45, 7) is 10.4. The number of anilines is 1. The molecular formula is C18H31N3O4S. The fourth-order valence-corrected chi connectivity index (χ4v) is 4.00. The second kappa shape index (κ2) is 10.5. The summed E-state index contributed by atoms with van der Waals surface area (Å²) < 4.78 is 33.1. The van der Waals surface area contributed by atoms with Crippen molar-refractivity contribution in [2.75, 3.05) is 32.1 Å². The lowest BCUT2D eigenvalue weighted by molar-refractivity contribution is -0.114. The van der Waals surface area contributed by atoms with Crippen molar-refractivity contribution in [2.24, 2.45) is 0 Å². The molecule has 0 aromatic heterocycles. The van der Waals surface area contributed by atoms with Crippen LogP contribution in [0.25, 0.3) is 0 Å². The molecule has 0 spiro atoms. The highest BCUT2D eigenvalue weighted by atomic mass is 32.2. The molecule has 1 aromatic carbocycles. The van der Waals surface area contributed by atoms with Gasteiger partial charge in [-0.3, -0.25) is 4.79 Å². The molecule has 1 amide bonds. The van der Waals surface area contributed by atoms with E-state index in [0.717, 1.165) is 32.5 Å². The lowest BCUT2D eigenvalue weighted by atomic mass is 10.2. The molecule has 0 bridgehead atoms. The Hall–Kier alpha value is -1.64. The van der Waals surface area contributed by atoms with Gasteiger partial charge < -0.3 is 15.0 Å². The van der Waals surface area contributed by atoms with Gasteiger partial charge in [-0.25, -0.2) is 13.1 Å². The number of benzene rings is 1. The lowest BCUT2D eigenvalue weighted by Gasteiger charge is -2.20. The quantitative estimate of drug-likeness (QED) is 0.611. The van der Waals surface area contributed by atoms with Crippen LogP contribution in [0.4, 0.5) is 5.69 Å². The maximum atomic E-state index is 12.6. The highest BCUT2D eigenvalue weighted by Gasteiger charge is 2.19. The number of nitrogens with one attached hydrogen (secondary N) is 2. The maximum Gasteiger partial charge on any atom is 0.240 e. The fourth-order valence-electron chi connectivity index (χ4n) is 2.69. The predicted octanol–water partition coefficient (Wildman–Crippen LogP) is 2.44. The number of nitrogens with zero attached hydrogens (tertiary/aromatic N) is 1. The van der Waals surface area contributed by atoms with Crippen LogP contribution in [-0.2, 0) is 14.8 Å². The van der Waals surface area contributed by atoms with E-state index in [4.69, 9.17) is 4.74 Å². The minimum Gasteiger partial charge on any atom is -0.495 e. The van der Waals surface area contributed by atoms with Gasteiger partial charge in [0.05, 0.1) is 17.7 Å². The first-order valence-corrected chi connectivity index (χ1v) is 10.4. The third-order valence-corrected chi connectivity index (χ3v) is 5.74. The van der Waals surface area contributed by atoms with Gasteiger partial charge in [-0.05, 0) is 57.6 Å². The highest BCUT2D eigenvalue weighted by Crippen LogP contribution is 2.27. The van der Waals surface area contributed by atoms with Crippen LogP contribution in [0.2, 0.25) is 0 Å². The third-order valence-electron chi connectivity index (χ3n) is 4.15. The molecule has 0 aliphatic carbocycles. The first-order chi connectivity index (χ1) is 12.2. The van der Waals surface area contributed by atoms with Gasteiger partial charge in [0, 0.05) is 13.0 Å². The van der Waals surface area contributed by atoms with Gasteiger partial charge in [0.2, 0.25) is 15.9 Å². The molecule has 1 aromatic rings. The van der Waals surface area contributed by atoms with Crippen LogP contribution in [0.5, 0.6) is 5.75 Å². The highest BCUT2D eigenvalue weighted by molar-refractivity contribution is 7.89. The van der Waals surface area contributed by atoms with Crippen LogP contribution in [-0.4, -0.2) is 52.0 Å². The van der Waals surface area contributed by atoms with Crippen LogP contribution < -0.4 is 14.8 Å². The molecule has 0 aliphatic heterocycles. The van der Waals surface area contributed by atoms with E-state index in [2.05, 4.69) is 28.8 Å². The second-order valence-electron chi connectivity index (χ2n) is 6.23. The summed E-state index contributed by atoms with van der Waals surface area (Å²) in [5.74, 6) is 0.113. The molecule has 2 N–H and O–H groups in total. The Morgan fingerprint density at radius 1 is 1.27 bits per heavy atom. The van der Waals surface area contributed by atoms with Gasteiger partial charge in [-0.2, -0.15) is 0 Å². The van der Waals surface area contributed by atoms with E-state index in [0.29, 0.717) is 11.4 Å². The first-order valence-electron chi connectivity index (χ1n) is 8.93. The predicted molar refractivity (Wildman–Crippen MR) is 104 cm³/mol. The molecule has 0 aliphatic rings. The Morgan fingerprint density at radius 2 is 1.92 bits per heavy atom. The molecule has 8 heteroatoms. The van der Waals surface area contributed by atoms with Crippen molar-refractivity contribution in [1.29, 1.82) is 0 Å². The van der Waals surface area contributed by atoms with Crippen molar-refractivity contribution in [3.63, 3.8) is 0 Å². The molecular weight excluding hydrogens is 354 g/mol. The average molecular weight is 386 g/mol. The molecule has 1 atom stereocenters.